The van der Waals surface area contributed by atoms with Crippen molar-refractivity contribution in [3.63, 3.8) is 0 Å². The highest BCUT2D eigenvalue weighted by Gasteiger charge is 2.02. The molecule has 0 atom stereocenters. The fraction of sp³-hybridized carbons (Fsp3) is 0.286. The van der Waals surface area contributed by atoms with Crippen molar-refractivity contribution >= 4 is 12.0 Å². The normalized spacial score (nSPS) is 9.33. The molecule has 4 nitrogen and oxygen atoms in total. The number of nitrogens with zero attached hydrogens (tertiary/aromatic N) is 1. The molecule has 0 heterocycles. The number of aryl methyl sites for hydroxylation is 1. The molecular weight excluding hydrogens is 230 g/mol. The minimum absolute atomic E-state index is 0.232. The van der Waals surface area contributed by atoms with Crippen LogP contribution in [0.1, 0.15) is 17.5 Å². The zero-order chi connectivity index (χ0) is 13.2. The van der Waals surface area contributed by atoms with Gasteiger partial charge in [0.05, 0.1) is 6.54 Å². The molecule has 0 unspecified atom stereocenters. The lowest BCUT2D eigenvalue weighted by Crippen LogP contribution is -2.05. The Morgan fingerprint density at radius 1 is 1.33 bits per heavy atom. The van der Waals surface area contributed by atoms with Gasteiger partial charge in [-0.2, -0.15) is 0 Å². The maximum absolute atomic E-state index is 11.3. The van der Waals surface area contributed by atoms with Crippen molar-refractivity contribution < 1.29 is 14.3 Å². The molecule has 0 aromatic heterocycles. The molecule has 1 rings (SSSR count). The van der Waals surface area contributed by atoms with Crippen molar-refractivity contribution in [1.82, 2.24) is 0 Å². The summed E-state index contributed by atoms with van der Waals surface area (Å²) in [6, 6.07) is 7.59. The lowest BCUT2D eigenvalue weighted by atomic mass is 10.1. The van der Waals surface area contributed by atoms with Crippen molar-refractivity contribution in [2.75, 3.05) is 6.61 Å². The van der Waals surface area contributed by atoms with Gasteiger partial charge in [0.15, 0.2) is 0 Å². The fourth-order valence-corrected chi connectivity index (χ4v) is 1.41. The van der Waals surface area contributed by atoms with Crippen molar-refractivity contribution in [1.29, 1.82) is 0 Å². The van der Waals surface area contributed by atoms with Crippen LogP contribution in [0.25, 0.3) is 0 Å². The smallest absolute Gasteiger partial charge is 0.306 e. The number of ether oxygens (including phenoxy) is 1. The van der Waals surface area contributed by atoms with Crippen LogP contribution in [-0.2, 0) is 27.3 Å². The average Bonchev–Trinajstić information content (AvgIpc) is 2.41. The van der Waals surface area contributed by atoms with Crippen LogP contribution in [0.3, 0.4) is 0 Å². The molecule has 0 saturated carbocycles. The molecule has 1 aromatic carbocycles. The van der Waals surface area contributed by atoms with E-state index in [0.717, 1.165) is 11.1 Å². The highest BCUT2D eigenvalue weighted by Crippen LogP contribution is 2.08. The SMILES string of the molecule is C=CCOC(=O)CCc1ccc(CN=C=O)cc1. The molecule has 0 saturated heterocycles. The van der Waals surface area contributed by atoms with Crippen molar-refractivity contribution in [2.45, 2.75) is 19.4 Å². The number of aliphatic imine (C=N–C) groups is 1. The molecule has 4 heteroatoms. The Hall–Kier alpha value is -2.19. The van der Waals surface area contributed by atoms with E-state index in [1.165, 1.54) is 6.08 Å². The van der Waals surface area contributed by atoms with Crippen LogP contribution < -0.4 is 0 Å². The van der Waals surface area contributed by atoms with Crippen LogP contribution in [0.5, 0.6) is 0 Å². The van der Waals surface area contributed by atoms with E-state index in [1.54, 1.807) is 6.08 Å². The highest BCUT2D eigenvalue weighted by molar-refractivity contribution is 5.69. The number of hydrogen-bond acceptors (Lipinski definition) is 4. The number of isocyanates is 1. The molecular formula is C14H15NO3. The van der Waals surface area contributed by atoms with Gasteiger partial charge in [0.1, 0.15) is 6.61 Å². The first-order valence-corrected chi connectivity index (χ1v) is 5.64. The molecule has 0 fully saturated rings. The summed E-state index contributed by atoms with van der Waals surface area (Å²) in [5, 5.41) is 0. The monoisotopic (exact) mass is 245 g/mol. The number of rotatable bonds is 7. The number of carbonyl (C=O) groups excluding carboxylic acids is 2. The second-order valence-electron chi connectivity index (χ2n) is 3.70. The quantitative estimate of drug-likeness (QED) is 0.320. The minimum Gasteiger partial charge on any atom is -0.461 e. The summed E-state index contributed by atoms with van der Waals surface area (Å²) < 4.78 is 4.87. The van der Waals surface area contributed by atoms with Gasteiger partial charge in [-0.1, -0.05) is 36.9 Å². The van der Waals surface area contributed by atoms with E-state index < -0.39 is 0 Å². The van der Waals surface area contributed by atoms with Gasteiger partial charge in [-0.15, -0.1) is 0 Å². The number of esters is 1. The Labute approximate surface area is 106 Å². The third kappa shape index (κ3) is 5.23. The number of carbonyl (C=O) groups is 1. The molecule has 0 radical (unpaired) electrons. The lowest BCUT2D eigenvalue weighted by molar-refractivity contribution is -0.142. The van der Waals surface area contributed by atoms with E-state index in [1.807, 2.05) is 24.3 Å². The average molecular weight is 245 g/mol. The summed E-state index contributed by atoms with van der Waals surface area (Å²) in [6.45, 7) is 4.06. The Balaban J connectivity index is 2.41. The third-order valence-electron chi connectivity index (χ3n) is 2.33. The Kier molecular flexibility index (Phi) is 6.15. The largest absolute Gasteiger partial charge is 0.461 e. The minimum atomic E-state index is -0.232. The maximum Gasteiger partial charge on any atom is 0.306 e. The van der Waals surface area contributed by atoms with Gasteiger partial charge < -0.3 is 4.74 Å². The van der Waals surface area contributed by atoms with Gasteiger partial charge in [-0.3, -0.25) is 4.79 Å². The molecule has 0 amide bonds. The van der Waals surface area contributed by atoms with Crippen molar-refractivity contribution in [2.24, 2.45) is 4.99 Å². The Bertz CT molecular complexity index is 445. The van der Waals surface area contributed by atoms with Crippen LogP contribution in [0.15, 0.2) is 41.9 Å². The molecule has 0 N–H and O–H groups in total. The highest BCUT2D eigenvalue weighted by atomic mass is 16.5. The van der Waals surface area contributed by atoms with E-state index in [4.69, 9.17) is 4.74 Å². The van der Waals surface area contributed by atoms with Gasteiger partial charge in [-0.25, -0.2) is 9.79 Å². The molecule has 0 aliphatic rings. The van der Waals surface area contributed by atoms with Gasteiger partial charge in [-0.05, 0) is 17.5 Å². The van der Waals surface area contributed by atoms with Gasteiger partial charge in [0, 0.05) is 6.42 Å². The lowest BCUT2D eigenvalue weighted by Gasteiger charge is -2.03. The second-order valence-corrected chi connectivity index (χ2v) is 3.70. The predicted octanol–water partition coefficient (Wildman–Crippen LogP) is 2.18. The summed E-state index contributed by atoms with van der Waals surface area (Å²) in [4.78, 5) is 24.7. The van der Waals surface area contributed by atoms with Crippen LogP contribution in [0.2, 0.25) is 0 Å². The molecule has 0 spiro atoms. The van der Waals surface area contributed by atoms with Crippen molar-refractivity contribution in [3.8, 4) is 0 Å². The molecule has 1 aromatic rings. The molecule has 18 heavy (non-hydrogen) atoms. The second kappa shape index (κ2) is 7.98. The van der Waals surface area contributed by atoms with Crippen LogP contribution >= 0.6 is 0 Å². The third-order valence-corrected chi connectivity index (χ3v) is 2.33. The first kappa shape index (κ1) is 13.9. The van der Waals surface area contributed by atoms with Gasteiger partial charge >= 0.3 is 5.97 Å². The number of benzene rings is 1. The summed E-state index contributed by atoms with van der Waals surface area (Å²) in [6.07, 6.45) is 4.02. The summed E-state index contributed by atoms with van der Waals surface area (Å²) >= 11 is 0. The summed E-state index contributed by atoms with van der Waals surface area (Å²) in [5.74, 6) is -0.232. The number of hydrogen-bond donors (Lipinski definition) is 0. The van der Waals surface area contributed by atoms with Crippen LogP contribution in [0, 0.1) is 0 Å². The summed E-state index contributed by atoms with van der Waals surface area (Å²) in [5.41, 5.74) is 1.99. The van der Waals surface area contributed by atoms with E-state index in [-0.39, 0.29) is 12.6 Å². The zero-order valence-corrected chi connectivity index (χ0v) is 10.1. The van der Waals surface area contributed by atoms with E-state index in [9.17, 15) is 9.59 Å². The van der Waals surface area contributed by atoms with E-state index in [2.05, 4.69) is 11.6 Å². The molecule has 0 aliphatic heterocycles. The van der Waals surface area contributed by atoms with E-state index in [0.29, 0.717) is 19.4 Å². The fourth-order valence-electron chi connectivity index (χ4n) is 1.41. The van der Waals surface area contributed by atoms with Crippen LogP contribution in [-0.4, -0.2) is 18.7 Å². The first-order valence-electron chi connectivity index (χ1n) is 5.64. The predicted molar refractivity (Wildman–Crippen MR) is 67.7 cm³/mol. The van der Waals surface area contributed by atoms with Crippen molar-refractivity contribution in [3.05, 3.63) is 48.0 Å². The Morgan fingerprint density at radius 2 is 2.00 bits per heavy atom. The van der Waals surface area contributed by atoms with Crippen LogP contribution in [0.4, 0.5) is 0 Å². The maximum atomic E-state index is 11.3. The van der Waals surface area contributed by atoms with Gasteiger partial charge in [0.25, 0.3) is 0 Å². The Morgan fingerprint density at radius 3 is 2.61 bits per heavy atom. The zero-order valence-electron chi connectivity index (χ0n) is 10.1. The summed E-state index contributed by atoms with van der Waals surface area (Å²) in [7, 11) is 0. The molecule has 0 aliphatic carbocycles. The van der Waals surface area contributed by atoms with Gasteiger partial charge in [0.2, 0.25) is 6.08 Å². The topological polar surface area (TPSA) is 55.7 Å². The molecule has 94 valence electrons. The molecule has 0 bridgehead atoms. The van der Waals surface area contributed by atoms with E-state index >= 15 is 0 Å². The standard InChI is InChI=1S/C14H15NO3/c1-2-9-18-14(17)8-7-12-3-5-13(6-4-12)10-15-11-16/h2-6H,1,7-10H2. The first-order chi connectivity index (χ1) is 8.76.